The van der Waals surface area contributed by atoms with Gasteiger partial charge in [0.2, 0.25) is 0 Å². The highest BCUT2D eigenvalue weighted by Gasteiger charge is 2.52. The summed E-state index contributed by atoms with van der Waals surface area (Å²) in [4.78, 5) is 39.3. The Balaban J connectivity index is 1.58. The summed E-state index contributed by atoms with van der Waals surface area (Å²) in [6.07, 6.45) is 0. The van der Waals surface area contributed by atoms with Gasteiger partial charge < -0.3 is 9.31 Å². The van der Waals surface area contributed by atoms with Gasteiger partial charge in [0.15, 0.2) is 0 Å². The van der Waals surface area contributed by atoms with Crippen molar-refractivity contribution in [2.24, 2.45) is 0 Å². The number of halogens is 1. The summed E-state index contributed by atoms with van der Waals surface area (Å²) in [6, 6.07) is 9.99. The van der Waals surface area contributed by atoms with Crippen LogP contribution in [0.25, 0.3) is 10.8 Å². The van der Waals surface area contributed by atoms with Crippen LogP contribution in [0.15, 0.2) is 41.2 Å². The Kier molecular flexibility index (Phi) is 4.79. The van der Waals surface area contributed by atoms with Gasteiger partial charge in [-0.15, -0.1) is 0 Å². The van der Waals surface area contributed by atoms with E-state index in [1.165, 1.54) is 0 Å². The molecule has 2 aromatic carbocycles. The number of hydrogen-bond donors (Lipinski definition) is 1. The van der Waals surface area contributed by atoms with E-state index in [2.05, 4.69) is 10.2 Å². The first-order valence-electron chi connectivity index (χ1n) is 10.5. The first kappa shape index (κ1) is 21.8. The highest BCUT2D eigenvalue weighted by molar-refractivity contribution is 6.63. The average Bonchev–Trinajstić information content (AvgIpc) is 3.13. The molecule has 0 saturated carbocycles. The zero-order chi connectivity index (χ0) is 23.7. The molecule has 8 nitrogen and oxygen atoms in total. The molecule has 33 heavy (non-hydrogen) atoms. The van der Waals surface area contributed by atoms with Crippen LogP contribution < -0.4 is 11.0 Å². The summed E-state index contributed by atoms with van der Waals surface area (Å²) >= 11 is 6.50. The lowest BCUT2D eigenvalue weighted by molar-refractivity contribution is 0.00578. The molecule has 3 aromatic rings. The number of aromatic amines is 1. The molecule has 1 N–H and O–H groups in total. The van der Waals surface area contributed by atoms with Gasteiger partial charge in [0.05, 0.1) is 45.0 Å². The van der Waals surface area contributed by atoms with E-state index >= 15 is 0 Å². The molecule has 0 radical (unpaired) electrons. The Bertz CT molecular complexity index is 1350. The molecule has 5 rings (SSSR count). The lowest BCUT2D eigenvalue weighted by Crippen LogP contribution is -2.41. The quantitative estimate of drug-likeness (QED) is 0.471. The number of fused-ring (bicyclic) bond motifs is 2. The molecule has 3 heterocycles. The van der Waals surface area contributed by atoms with Crippen LogP contribution in [0.4, 0.5) is 0 Å². The molecule has 2 aliphatic rings. The van der Waals surface area contributed by atoms with Gasteiger partial charge in [0.1, 0.15) is 0 Å². The number of carbonyl (C=O) groups excluding carboxylic acids is 2. The number of H-pyrrole nitrogens is 1. The third kappa shape index (κ3) is 3.30. The van der Waals surface area contributed by atoms with Crippen LogP contribution in [0.1, 0.15) is 54.1 Å². The topological polar surface area (TPSA) is 102 Å². The maximum atomic E-state index is 12.8. The van der Waals surface area contributed by atoms with Crippen LogP contribution in [0.5, 0.6) is 0 Å². The second kappa shape index (κ2) is 7.25. The summed E-state index contributed by atoms with van der Waals surface area (Å²) in [5, 5.41) is 7.41. The molecule has 2 amide bonds. The van der Waals surface area contributed by atoms with Gasteiger partial charge in [-0.25, -0.2) is 5.10 Å². The Hall–Kier alpha value is -3.01. The standard InChI is InChI=1S/C23H21BClN3O5/c1-22(2)23(3,4)33-24(32-22)12-9-15-17(26-27-19(29)18(15)16(25)10-12)11-28-20(30)13-7-5-6-8-14(13)21(28)31/h5-10H,11H2,1-4H3,(H,27,29). The van der Waals surface area contributed by atoms with Crippen molar-refractivity contribution in [1.29, 1.82) is 0 Å². The van der Waals surface area contributed by atoms with Gasteiger partial charge in [-0.3, -0.25) is 19.3 Å². The molecule has 168 valence electrons. The number of imide groups is 1. The molecule has 2 aliphatic heterocycles. The Morgan fingerprint density at radius 1 is 1.00 bits per heavy atom. The van der Waals surface area contributed by atoms with Gasteiger partial charge >= 0.3 is 7.12 Å². The fourth-order valence-electron chi connectivity index (χ4n) is 4.09. The monoisotopic (exact) mass is 465 g/mol. The van der Waals surface area contributed by atoms with Crippen molar-refractivity contribution in [2.45, 2.75) is 45.4 Å². The average molecular weight is 466 g/mol. The maximum Gasteiger partial charge on any atom is 0.494 e. The van der Waals surface area contributed by atoms with E-state index in [0.29, 0.717) is 27.7 Å². The van der Waals surface area contributed by atoms with Gasteiger partial charge in [-0.05, 0) is 51.4 Å². The minimum absolute atomic E-state index is 0.122. The predicted octanol–water partition coefficient (Wildman–Crippen LogP) is 2.67. The van der Waals surface area contributed by atoms with E-state index in [1.54, 1.807) is 36.4 Å². The molecular formula is C23H21BClN3O5. The zero-order valence-corrected chi connectivity index (χ0v) is 19.3. The summed E-state index contributed by atoms with van der Waals surface area (Å²) in [7, 11) is -0.705. The molecular weight excluding hydrogens is 445 g/mol. The van der Waals surface area contributed by atoms with Crippen LogP contribution >= 0.6 is 11.6 Å². The van der Waals surface area contributed by atoms with Crippen molar-refractivity contribution in [3.05, 3.63) is 68.6 Å². The maximum absolute atomic E-state index is 12.8. The van der Waals surface area contributed by atoms with Gasteiger partial charge in [0, 0.05) is 5.39 Å². The molecule has 0 bridgehead atoms. The number of hydrogen-bond acceptors (Lipinski definition) is 6. The van der Waals surface area contributed by atoms with Crippen LogP contribution in [0, 0.1) is 0 Å². The second-order valence-electron chi connectivity index (χ2n) is 9.25. The summed E-state index contributed by atoms with van der Waals surface area (Å²) in [6.45, 7) is 7.64. The Morgan fingerprint density at radius 2 is 1.58 bits per heavy atom. The number of rotatable bonds is 3. The molecule has 1 saturated heterocycles. The first-order valence-corrected chi connectivity index (χ1v) is 10.9. The van der Waals surface area contributed by atoms with Crippen LogP contribution in [-0.4, -0.2) is 45.2 Å². The van der Waals surface area contributed by atoms with Crippen molar-refractivity contribution in [3.8, 4) is 0 Å². The van der Waals surface area contributed by atoms with Crippen LogP contribution in [0.2, 0.25) is 5.02 Å². The van der Waals surface area contributed by atoms with Gasteiger partial charge in [-0.2, -0.15) is 5.10 Å². The predicted molar refractivity (Wildman–Crippen MR) is 124 cm³/mol. The smallest absolute Gasteiger partial charge is 0.399 e. The van der Waals surface area contributed by atoms with E-state index in [4.69, 9.17) is 20.9 Å². The Morgan fingerprint density at radius 3 is 2.15 bits per heavy atom. The zero-order valence-electron chi connectivity index (χ0n) is 18.6. The Labute approximate surface area is 195 Å². The minimum atomic E-state index is -0.705. The van der Waals surface area contributed by atoms with Crippen molar-refractivity contribution < 1.29 is 18.9 Å². The van der Waals surface area contributed by atoms with Gasteiger partial charge in [-0.1, -0.05) is 29.8 Å². The van der Waals surface area contributed by atoms with E-state index in [9.17, 15) is 14.4 Å². The van der Waals surface area contributed by atoms with E-state index < -0.39 is 35.7 Å². The number of carbonyl (C=O) groups is 2. The van der Waals surface area contributed by atoms with Crippen LogP contribution in [-0.2, 0) is 15.9 Å². The minimum Gasteiger partial charge on any atom is -0.399 e. The first-order chi connectivity index (χ1) is 15.5. The number of nitrogens with zero attached hydrogens (tertiary/aromatic N) is 2. The molecule has 0 atom stereocenters. The summed E-state index contributed by atoms with van der Waals surface area (Å²) < 4.78 is 12.3. The lowest BCUT2D eigenvalue weighted by atomic mass is 9.78. The fourth-order valence-corrected chi connectivity index (χ4v) is 4.40. The normalized spacial score (nSPS) is 18.9. The number of nitrogens with one attached hydrogen (secondary N) is 1. The van der Waals surface area contributed by atoms with Crippen LogP contribution in [0.3, 0.4) is 0 Å². The van der Waals surface area contributed by atoms with Gasteiger partial charge in [0.25, 0.3) is 17.4 Å². The molecule has 1 aromatic heterocycles. The molecule has 1 fully saturated rings. The number of amides is 2. The number of benzene rings is 2. The number of aromatic nitrogens is 2. The SMILES string of the molecule is CC1(C)OB(c2cc(Cl)c3c(=O)[nH]nc(CN4C(=O)c5ccccc5C4=O)c3c2)OC1(C)C. The van der Waals surface area contributed by atoms with E-state index in [0.717, 1.165) is 4.90 Å². The molecule has 0 unspecified atom stereocenters. The van der Waals surface area contributed by atoms with Crippen molar-refractivity contribution in [2.75, 3.05) is 0 Å². The van der Waals surface area contributed by atoms with Crippen molar-refractivity contribution in [1.82, 2.24) is 15.1 Å². The highest BCUT2D eigenvalue weighted by atomic mass is 35.5. The van der Waals surface area contributed by atoms with Crippen molar-refractivity contribution >= 4 is 46.8 Å². The third-order valence-electron chi connectivity index (χ3n) is 6.65. The van der Waals surface area contributed by atoms with E-state index in [1.807, 2.05) is 27.7 Å². The second-order valence-corrected chi connectivity index (χ2v) is 9.66. The molecule has 0 aliphatic carbocycles. The van der Waals surface area contributed by atoms with Crippen molar-refractivity contribution in [3.63, 3.8) is 0 Å². The fraction of sp³-hybridized carbons (Fsp3) is 0.304. The highest BCUT2D eigenvalue weighted by Crippen LogP contribution is 2.37. The lowest BCUT2D eigenvalue weighted by Gasteiger charge is -2.32. The van der Waals surface area contributed by atoms with E-state index in [-0.39, 0.29) is 17.0 Å². The summed E-state index contributed by atoms with van der Waals surface area (Å²) in [5.41, 5.74) is 0.0330. The molecule has 0 spiro atoms. The molecule has 10 heteroatoms. The summed E-state index contributed by atoms with van der Waals surface area (Å²) in [5.74, 6) is -0.824. The third-order valence-corrected chi connectivity index (χ3v) is 6.95. The largest absolute Gasteiger partial charge is 0.494 e.